The first-order chi connectivity index (χ1) is 9.40. The van der Waals surface area contributed by atoms with Crippen LogP contribution in [0.1, 0.15) is 37.4 Å². The first kappa shape index (κ1) is 17.6. The summed E-state index contributed by atoms with van der Waals surface area (Å²) in [5.74, 6) is -1.38. The van der Waals surface area contributed by atoms with Gasteiger partial charge >= 0.3 is 5.97 Å². The van der Waals surface area contributed by atoms with Crippen molar-refractivity contribution in [3.63, 3.8) is 0 Å². The third-order valence-corrected chi connectivity index (χ3v) is 2.49. The highest BCUT2D eigenvalue weighted by molar-refractivity contribution is 5.82. The van der Waals surface area contributed by atoms with Crippen LogP contribution in [-0.4, -0.2) is 21.9 Å². The molecule has 108 valence electrons. The van der Waals surface area contributed by atoms with Crippen LogP contribution in [0.15, 0.2) is 18.3 Å². The molecule has 0 saturated carbocycles. The van der Waals surface area contributed by atoms with Gasteiger partial charge in [0.15, 0.2) is 0 Å². The fraction of sp³-hybridized carbons (Fsp3) is 0.429. The maximum Gasteiger partial charge on any atom is 0.306 e. The van der Waals surface area contributed by atoms with Gasteiger partial charge in [-0.3, -0.25) is 15.2 Å². The van der Waals surface area contributed by atoms with Crippen LogP contribution in [0.5, 0.6) is 0 Å². The number of nitrogens with two attached hydrogens (primary N) is 1. The molecular formula is C14H20N4O2. The predicted molar refractivity (Wildman–Crippen MR) is 76.3 cm³/mol. The number of nitrogens with one attached hydrogen (secondary N) is 1. The molecule has 6 heteroatoms. The Balaban J connectivity index is 0.000000367. The van der Waals surface area contributed by atoms with E-state index in [-0.39, 0.29) is 12.3 Å². The van der Waals surface area contributed by atoms with Gasteiger partial charge in [-0.05, 0) is 25.5 Å². The molecule has 0 fully saturated rings. The van der Waals surface area contributed by atoms with Gasteiger partial charge in [-0.15, -0.1) is 0 Å². The second kappa shape index (κ2) is 9.50. The van der Waals surface area contributed by atoms with E-state index >= 15 is 0 Å². The molecule has 0 bridgehead atoms. The van der Waals surface area contributed by atoms with E-state index in [1.807, 2.05) is 26.0 Å². The Kier molecular flexibility index (Phi) is 8.35. The molecule has 0 aliphatic heterocycles. The molecule has 0 aliphatic carbocycles. The second-order valence-electron chi connectivity index (χ2n) is 4.35. The number of carboxylic acid groups (broad SMARTS) is 1. The van der Waals surface area contributed by atoms with Crippen molar-refractivity contribution >= 4 is 11.8 Å². The molecule has 20 heavy (non-hydrogen) atoms. The summed E-state index contributed by atoms with van der Waals surface area (Å²) >= 11 is 0. The number of carbonyl (C=O) groups is 1. The van der Waals surface area contributed by atoms with Crippen LogP contribution in [0.2, 0.25) is 0 Å². The zero-order valence-corrected chi connectivity index (χ0v) is 11.8. The van der Waals surface area contributed by atoms with Gasteiger partial charge in [0.2, 0.25) is 0 Å². The molecule has 4 N–H and O–H groups in total. The van der Waals surface area contributed by atoms with Gasteiger partial charge in [0.1, 0.15) is 6.07 Å². The third-order valence-electron chi connectivity index (χ3n) is 2.49. The fourth-order valence-corrected chi connectivity index (χ4v) is 1.46. The molecule has 1 atom stereocenters. The molecule has 0 amide bonds. The number of amidine groups is 1. The quantitative estimate of drug-likeness (QED) is 0.561. The van der Waals surface area contributed by atoms with E-state index in [9.17, 15) is 4.79 Å². The Hall–Kier alpha value is -2.42. The summed E-state index contributed by atoms with van der Waals surface area (Å²) in [7, 11) is 0. The highest BCUT2D eigenvalue weighted by Crippen LogP contribution is 2.10. The summed E-state index contributed by atoms with van der Waals surface area (Å²) in [6.07, 6.45) is 3.14. The molecule has 6 nitrogen and oxygen atoms in total. The van der Waals surface area contributed by atoms with Crippen LogP contribution >= 0.6 is 0 Å². The van der Waals surface area contributed by atoms with Gasteiger partial charge in [0.05, 0.1) is 17.3 Å². The Morgan fingerprint density at radius 2 is 2.25 bits per heavy atom. The number of aliphatic carboxylic acids is 1. The van der Waals surface area contributed by atoms with Crippen molar-refractivity contribution < 1.29 is 9.90 Å². The molecule has 1 rings (SSSR count). The number of rotatable bonds is 5. The standard InChI is InChI=1S/C7H14N2O2.C7H6N2/c1-2-3-5(7(10)11)4-6(8)9;1-6-2-3-7(4-8)5-9-6/h5H,2-4H2,1H3,(H3,8,9)(H,10,11);2-3,5H,1H3/t5-;/m0./s1. The van der Waals surface area contributed by atoms with Crippen molar-refractivity contribution in [3.05, 3.63) is 29.6 Å². The Labute approximate surface area is 118 Å². The maximum absolute atomic E-state index is 10.5. The number of nitrogens with zero attached hydrogens (tertiary/aromatic N) is 2. The van der Waals surface area contributed by atoms with Gasteiger partial charge in [0.25, 0.3) is 0 Å². The molecule has 0 aromatic carbocycles. The molecular weight excluding hydrogens is 256 g/mol. The van der Waals surface area contributed by atoms with E-state index < -0.39 is 11.9 Å². The monoisotopic (exact) mass is 276 g/mol. The Morgan fingerprint density at radius 3 is 2.60 bits per heavy atom. The lowest BCUT2D eigenvalue weighted by molar-refractivity contribution is -0.141. The number of nitriles is 1. The average Bonchev–Trinajstić information content (AvgIpc) is 2.39. The first-order valence-corrected chi connectivity index (χ1v) is 6.29. The van der Waals surface area contributed by atoms with Gasteiger partial charge in [-0.25, -0.2) is 0 Å². The Bertz CT molecular complexity index is 477. The SMILES string of the molecule is CCC[C@@H](CC(=N)N)C(=O)O.Cc1ccc(C#N)cn1. The Morgan fingerprint density at radius 1 is 1.60 bits per heavy atom. The second-order valence-corrected chi connectivity index (χ2v) is 4.35. The highest BCUT2D eigenvalue weighted by atomic mass is 16.4. The smallest absolute Gasteiger partial charge is 0.306 e. The number of carboxylic acids is 1. The van der Waals surface area contributed by atoms with Crippen molar-refractivity contribution in [1.82, 2.24) is 4.98 Å². The van der Waals surface area contributed by atoms with Gasteiger partial charge in [0, 0.05) is 18.3 Å². The summed E-state index contributed by atoms with van der Waals surface area (Å²) < 4.78 is 0. The third kappa shape index (κ3) is 7.82. The number of aryl methyl sites for hydroxylation is 1. The number of hydrogen-bond acceptors (Lipinski definition) is 4. The molecule has 0 saturated heterocycles. The molecule has 0 radical (unpaired) electrons. The van der Waals surface area contributed by atoms with Crippen LogP contribution in [0.25, 0.3) is 0 Å². The summed E-state index contributed by atoms with van der Waals surface area (Å²) in [6.45, 7) is 3.80. The summed E-state index contributed by atoms with van der Waals surface area (Å²) in [4.78, 5) is 14.4. The minimum Gasteiger partial charge on any atom is -0.481 e. The minimum absolute atomic E-state index is 0.0501. The van der Waals surface area contributed by atoms with Crippen molar-refractivity contribution in [2.45, 2.75) is 33.1 Å². The van der Waals surface area contributed by atoms with E-state index in [1.165, 1.54) is 0 Å². The van der Waals surface area contributed by atoms with Crippen LogP contribution in [0.4, 0.5) is 0 Å². The first-order valence-electron chi connectivity index (χ1n) is 6.29. The predicted octanol–water partition coefficient (Wildman–Crippen LogP) is 2.08. The van der Waals surface area contributed by atoms with E-state index in [0.29, 0.717) is 12.0 Å². The number of hydrogen-bond donors (Lipinski definition) is 3. The van der Waals surface area contributed by atoms with Gasteiger partial charge in [-0.1, -0.05) is 13.3 Å². The van der Waals surface area contributed by atoms with E-state index in [1.54, 1.807) is 12.3 Å². The van der Waals surface area contributed by atoms with Crippen molar-refractivity contribution in [3.8, 4) is 6.07 Å². The zero-order chi connectivity index (χ0) is 15.5. The summed E-state index contributed by atoms with van der Waals surface area (Å²) in [5, 5.41) is 23.9. The van der Waals surface area contributed by atoms with Gasteiger partial charge < -0.3 is 10.8 Å². The lowest BCUT2D eigenvalue weighted by atomic mass is 10.00. The summed E-state index contributed by atoms with van der Waals surface area (Å²) in [5.41, 5.74) is 6.63. The molecule has 0 spiro atoms. The highest BCUT2D eigenvalue weighted by Gasteiger charge is 2.16. The van der Waals surface area contributed by atoms with Gasteiger partial charge in [-0.2, -0.15) is 5.26 Å². The average molecular weight is 276 g/mol. The molecule has 1 aromatic heterocycles. The van der Waals surface area contributed by atoms with Crippen molar-refractivity contribution in [1.29, 1.82) is 10.7 Å². The number of pyridine rings is 1. The van der Waals surface area contributed by atoms with Crippen LogP contribution < -0.4 is 5.73 Å². The lowest BCUT2D eigenvalue weighted by Gasteiger charge is -2.08. The molecule has 0 aliphatic rings. The van der Waals surface area contributed by atoms with E-state index in [4.69, 9.17) is 21.5 Å². The molecule has 1 heterocycles. The minimum atomic E-state index is -0.859. The van der Waals surface area contributed by atoms with E-state index in [0.717, 1.165) is 12.1 Å². The normalized spacial score (nSPS) is 10.7. The van der Waals surface area contributed by atoms with Crippen LogP contribution in [0.3, 0.4) is 0 Å². The van der Waals surface area contributed by atoms with Crippen LogP contribution in [-0.2, 0) is 4.79 Å². The van der Waals surface area contributed by atoms with Crippen molar-refractivity contribution in [2.24, 2.45) is 11.7 Å². The largest absolute Gasteiger partial charge is 0.481 e. The molecule has 0 unspecified atom stereocenters. The molecule has 1 aromatic rings. The zero-order valence-electron chi connectivity index (χ0n) is 11.8. The fourth-order valence-electron chi connectivity index (χ4n) is 1.46. The lowest BCUT2D eigenvalue weighted by Crippen LogP contribution is -2.21. The van der Waals surface area contributed by atoms with Crippen LogP contribution in [0, 0.1) is 29.6 Å². The van der Waals surface area contributed by atoms with E-state index in [2.05, 4.69) is 4.98 Å². The number of aromatic nitrogens is 1. The van der Waals surface area contributed by atoms with Crippen molar-refractivity contribution in [2.75, 3.05) is 0 Å². The topological polar surface area (TPSA) is 124 Å². The summed E-state index contributed by atoms with van der Waals surface area (Å²) in [6, 6.07) is 5.56. The maximum atomic E-state index is 10.5.